The van der Waals surface area contributed by atoms with Crippen LogP contribution in [0.5, 0.6) is 0 Å². The Labute approximate surface area is 91.7 Å². The molecule has 1 aliphatic carbocycles. The Bertz CT molecular complexity index is 429. The van der Waals surface area contributed by atoms with Gasteiger partial charge in [0.2, 0.25) is 0 Å². The van der Waals surface area contributed by atoms with Crippen LogP contribution in [0, 0.1) is 0 Å². The first-order chi connectivity index (χ1) is 7.65. The van der Waals surface area contributed by atoms with Gasteiger partial charge in [0.25, 0.3) is 0 Å². The van der Waals surface area contributed by atoms with E-state index in [1.807, 2.05) is 0 Å². The minimum absolute atomic E-state index is 0.0942. The first-order valence-electron chi connectivity index (χ1n) is 4.92. The molecule has 0 unspecified atom stereocenters. The molecule has 6 heteroatoms. The number of amides is 2. The molecule has 2 amide bonds. The van der Waals surface area contributed by atoms with Gasteiger partial charge in [0.05, 0.1) is 5.56 Å². The van der Waals surface area contributed by atoms with E-state index in [0.717, 1.165) is 12.8 Å². The number of nitrogens with one attached hydrogen (secondary N) is 2. The molecule has 16 heavy (non-hydrogen) atoms. The van der Waals surface area contributed by atoms with Gasteiger partial charge in [0, 0.05) is 12.2 Å². The van der Waals surface area contributed by atoms with Crippen molar-refractivity contribution in [3.05, 3.63) is 23.9 Å². The number of aromatic carboxylic acids is 1. The van der Waals surface area contributed by atoms with E-state index in [4.69, 9.17) is 5.11 Å². The van der Waals surface area contributed by atoms with Crippen molar-refractivity contribution in [2.24, 2.45) is 0 Å². The predicted molar refractivity (Wildman–Crippen MR) is 56.4 cm³/mol. The van der Waals surface area contributed by atoms with Crippen LogP contribution in [0.25, 0.3) is 0 Å². The zero-order valence-electron chi connectivity index (χ0n) is 8.43. The number of anilines is 1. The van der Waals surface area contributed by atoms with Crippen LogP contribution in [0.4, 0.5) is 10.6 Å². The van der Waals surface area contributed by atoms with Crippen molar-refractivity contribution in [2.45, 2.75) is 18.9 Å². The van der Waals surface area contributed by atoms with Gasteiger partial charge in [-0.05, 0) is 25.0 Å². The molecule has 0 aliphatic heterocycles. The standard InChI is InChI=1S/C10H11N3O3/c14-9(15)6-3-4-11-8(5-6)13-10(16)12-7-1-2-7/h3-5,7H,1-2H2,(H,14,15)(H2,11,12,13,16). The Morgan fingerprint density at radius 2 is 2.19 bits per heavy atom. The second kappa shape index (κ2) is 4.18. The van der Waals surface area contributed by atoms with Crippen LogP contribution < -0.4 is 10.6 Å². The maximum atomic E-state index is 11.3. The molecule has 1 saturated carbocycles. The molecule has 0 bridgehead atoms. The van der Waals surface area contributed by atoms with E-state index in [-0.39, 0.29) is 23.5 Å². The van der Waals surface area contributed by atoms with Crippen molar-refractivity contribution >= 4 is 17.8 Å². The summed E-state index contributed by atoms with van der Waals surface area (Å²) in [7, 11) is 0. The van der Waals surface area contributed by atoms with Crippen LogP contribution >= 0.6 is 0 Å². The minimum Gasteiger partial charge on any atom is -0.478 e. The van der Waals surface area contributed by atoms with Gasteiger partial charge < -0.3 is 10.4 Å². The highest BCUT2D eigenvalue weighted by molar-refractivity contribution is 5.92. The Balaban J connectivity index is 1.99. The average Bonchev–Trinajstić information content (AvgIpc) is 3.01. The molecular weight excluding hydrogens is 210 g/mol. The molecule has 3 N–H and O–H groups in total. The Morgan fingerprint density at radius 3 is 2.81 bits per heavy atom. The summed E-state index contributed by atoms with van der Waals surface area (Å²) < 4.78 is 0. The lowest BCUT2D eigenvalue weighted by Gasteiger charge is -2.05. The van der Waals surface area contributed by atoms with E-state index in [9.17, 15) is 9.59 Å². The number of hydrogen-bond donors (Lipinski definition) is 3. The van der Waals surface area contributed by atoms with Crippen LogP contribution in [0.1, 0.15) is 23.2 Å². The van der Waals surface area contributed by atoms with Crippen molar-refractivity contribution in [3.63, 3.8) is 0 Å². The van der Waals surface area contributed by atoms with E-state index in [1.54, 1.807) is 0 Å². The number of aromatic nitrogens is 1. The minimum atomic E-state index is -1.05. The summed E-state index contributed by atoms with van der Waals surface area (Å²) in [5, 5.41) is 13.9. The molecule has 1 aliphatic rings. The van der Waals surface area contributed by atoms with E-state index >= 15 is 0 Å². The average molecular weight is 221 g/mol. The van der Waals surface area contributed by atoms with Crippen LogP contribution in [0.2, 0.25) is 0 Å². The quantitative estimate of drug-likeness (QED) is 0.711. The van der Waals surface area contributed by atoms with Crippen molar-refractivity contribution in [3.8, 4) is 0 Å². The normalized spacial score (nSPS) is 14.2. The summed E-state index contributed by atoms with van der Waals surface area (Å²) in [5.41, 5.74) is 0.0942. The summed E-state index contributed by atoms with van der Waals surface area (Å²) in [6, 6.07) is 2.58. The van der Waals surface area contributed by atoms with Gasteiger partial charge in [-0.15, -0.1) is 0 Å². The SMILES string of the molecule is O=C(Nc1cc(C(=O)O)ccn1)NC1CC1. The molecule has 6 nitrogen and oxygen atoms in total. The first-order valence-corrected chi connectivity index (χ1v) is 4.92. The van der Waals surface area contributed by atoms with Crippen LogP contribution in [-0.2, 0) is 0 Å². The smallest absolute Gasteiger partial charge is 0.335 e. The second-order valence-corrected chi connectivity index (χ2v) is 3.61. The lowest BCUT2D eigenvalue weighted by molar-refractivity contribution is 0.0696. The summed E-state index contributed by atoms with van der Waals surface area (Å²) in [4.78, 5) is 25.9. The van der Waals surface area contributed by atoms with Gasteiger partial charge in [-0.2, -0.15) is 0 Å². The fraction of sp³-hybridized carbons (Fsp3) is 0.300. The molecule has 1 heterocycles. The van der Waals surface area contributed by atoms with Crippen molar-refractivity contribution in [1.82, 2.24) is 10.3 Å². The fourth-order valence-electron chi connectivity index (χ4n) is 1.20. The van der Waals surface area contributed by atoms with Gasteiger partial charge in [-0.1, -0.05) is 0 Å². The second-order valence-electron chi connectivity index (χ2n) is 3.61. The molecular formula is C10H11N3O3. The van der Waals surface area contributed by atoms with Gasteiger partial charge in [-0.3, -0.25) is 5.32 Å². The molecule has 0 radical (unpaired) electrons. The summed E-state index contributed by atoms with van der Waals surface area (Å²) >= 11 is 0. The van der Waals surface area contributed by atoms with Crippen LogP contribution in [0.3, 0.4) is 0 Å². The lowest BCUT2D eigenvalue weighted by Crippen LogP contribution is -2.30. The molecule has 1 aromatic heterocycles. The molecule has 0 spiro atoms. The molecule has 84 valence electrons. The number of carbonyl (C=O) groups is 2. The largest absolute Gasteiger partial charge is 0.478 e. The number of carboxylic acids is 1. The third-order valence-corrected chi connectivity index (χ3v) is 2.16. The maximum absolute atomic E-state index is 11.3. The Hall–Kier alpha value is -2.11. The van der Waals surface area contributed by atoms with E-state index < -0.39 is 5.97 Å². The lowest BCUT2D eigenvalue weighted by atomic mass is 10.2. The van der Waals surface area contributed by atoms with Gasteiger partial charge in [0.15, 0.2) is 0 Å². The molecule has 1 aromatic rings. The molecule has 0 aromatic carbocycles. The predicted octanol–water partition coefficient (Wildman–Crippen LogP) is 1.06. The third kappa shape index (κ3) is 2.69. The zero-order chi connectivity index (χ0) is 11.5. The number of nitrogens with zero attached hydrogens (tertiary/aromatic N) is 1. The fourth-order valence-corrected chi connectivity index (χ4v) is 1.20. The number of hydrogen-bond acceptors (Lipinski definition) is 3. The van der Waals surface area contributed by atoms with Crippen molar-refractivity contribution in [2.75, 3.05) is 5.32 Å². The van der Waals surface area contributed by atoms with Gasteiger partial charge in [-0.25, -0.2) is 14.6 Å². The van der Waals surface area contributed by atoms with E-state index in [0.29, 0.717) is 0 Å². The van der Waals surface area contributed by atoms with Crippen molar-refractivity contribution in [1.29, 1.82) is 0 Å². The summed E-state index contributed by atoms with van der Waals surface area (Å²) in [6.07, 6.45) is 3.34. The highest BCUT2D eigenvalue weighted by atomic mass is 16.4. The first kappa shape index (κ1) is 10.4. The molecule has 2 rings (SSSR count). The Kier molecular flexibility index (Phi) is 2.72. The number of pyridine rings is 1. The number of carbonyl (C=O) groups excluding carboxylic acids is 1. The maximum Gasteiger partial charge on any atom is 0.335 e. The topological polar surface area (TPSA) is 91.3 Å². The van der Waals surface area contributed by atoms with Crippen molar-refractivity contribution < 1.29 is 14.7 Å². The van der Waals surface area contributed by atoms with Gasteiger partial charge in [0.1, 0.15) is 5.82 Å². The molecule has 0 atom stereocenters. The monoisotopic (exact) mass is 221 g/mol. The summed E-state index contributed by atoms with van der Waals surface area (Å²) in [6.45, 7) is 0. The van der Waals surface area contributed by atoms with Crippen LogP contribution in [0.15, 0.2) is 18.3 Å². The van der Waals surface area contributed by atoms with E-state index in [2.05, 4.69) is 15.6 Å². The van der Waals surface area contributed by atoms with Crippen LogP contribution in [-0.4, -0.2) is 28.1 Å². The number of rotatable bonds is 3. The molecule has 1 fully saturated rings. The summed E-state index contributed by atoms with van der Waals surface area (Å²) in [5.74, 6) is -0.814. The third-order valence-electron chi connectivity index (χ3n) is 2.16. The number of carboxylic acid groups (broad SMARTS) is 1. The Morgan fingerprint density at radius 1 is 1.44 bits per heavy atom. The number of urea groups is 1. The highest BCUT2D eigenvalue weighted by Crippen LogP contribution is 2.18. The molecule has 0 saturated heterocycles. The zero-order valence-corrected chi connectivity index (χ0v) is 8.43. The van der Waals surface area contributed by atoms with E-state index in [1.165, 1.54) is 18.3 Å². The highest BCUT2D eigenvalue weighted by Gasteiger charge is 2.23. The van der Waals surface area contributed by atoms with Gasteiger partial charge >= 0.3 is 12.0 Å².